The molecule has 104 valence electrons. The van der Waals surface area contributed by atoms with E-state index >= 15 is 0 Å². The van der Waals surface area contributed by atoms with Crippen LogP contribution in [0, 0.1) is 0 Å². The summed E-state index contributed by atoms with van der Waals surface area (Å²) in [6.45, 7) is 0.566. The van der Waals surface area contributed by atoms with Crippen molar-refractivity contribution in [2.75, 3.05) is 13.7 Å². The normalized spacial score (nSPS) is 22.3. The molecule has 6 heteroatoms. The largest absolute Gasteiger partial charge is 0.496 e. The molecule has 1 saturated heterocycles. The molecule has 0 bridgehead atoms. The SMILES string of the molecule is COc1cc(Cl)ccc1CNC(=O)[C@H]1C[C@H](F)CN1. The Balaban J connectivity index is 1.93. The van der Waals surface area contributed by atoms with Crippen LogP contribution in [-0.4, -0.2) is 31.8 Å². The average molecular weight is 287 g/mol. The van der Waals surface area contributed by atoms with E-state index in [-0.39, 0.29) is 18.9 Å². The Labute approximate surface area is 116 Å². The van der Waals surface area contributed by atoms with E-state index < -0.39 is 12.2 Å². The molecular weight excluding hydrogens is 271 g/mol. The summed E-state index contributed by atoms with van der Waals surface area (Å²) < 4.78 is 18.2. The Bertz CT molecular complexity index is 470. The minimum atomic E-state index is -0.944. The molecule has 19 heavy (non-hydrogen) atoms. The third-order valence-corrected chi connectivity index (χ3v) is 3.33. The van der Waals surface area contributed by atoms with E-state index in [4.69, 9.17) is 16.3 Å². The van der Waals surface area contributed by atoms with Crippen molar-refractivity contribution >= 4 is 17.5 Å². The lowest BCUT2D eigenvalue weighted by atomic mass is 10.1. The summed E-state index contributed by atoms with van der Waals surface area (Å²) in [5, 5.41) is 6.18. The van der Waals surface area contributed by atoms with Crippen LogP contribution < -0.4 is 15.4 Å². The third-order valence-electron chi connectivity index (χ3n) is 3.10. The summed E-state index contributed by atoms with van der Waals surface area (Å²) >= 11 is 5.86. The zero-order valence-corrected chi connectivity index (χ0v) is 11.3. The van der Waals surface area contributed by atoms with Crippen molar-refractivity contribution in [2.24, 2.45) is 0 Å². The van der Waals surface area contributed by atoms with Gasteiger partial charge in [-0.25, -0.2) is 4.39 Å². The highest BCUT2D eigenvalue weighted by Gasteiger charge is 2.28. The molecule has 0 aromatic heterocycles. The molecular formula is C13H16ClFN2O2. The first-order valence-electron chi connectivity index (χ1n) is 6.07. The maximum Gasteiger partial charge on any atom is 0.237 e. The number of hydrogen-bond donors (Lipinski definition) is 2. The molecule has 1 aromatic carbocycles. The molecule has 1 aliphatic heterocycles. The van der Waals surface area contributed by atoms with Crippen molar-refractivity contribution in [1.29, 1.82) is 0 Å². The molecule has 0 spiro atoms. The maximum atomic E-state index is 13.0. The van der Waals surface area contributed by atoms with Crippen LogP contribution in [0.15, 0.2) is 18.2 Å². The zero-order chi connectivity index (χ0) is 13.8. The van der Waals surface area contributed by atoms with Crippen LogP contribution in [0.2, 0.25) is 5.02 Å². The average Bonchev–Trinajstić information content (AvgIpc) is 2.83. The van der Waals surface area contributed by atoms with Crippen LogP contribution in [0.5, 0.6) is 5.75 Å². The van der Waals surface area contributed by atoms with Crippen LogP contribution in [-0.2, 0) is 11.3 Å². The van der Waals surface area contributed by atoms with Gasteiger partial charge >= 0.3 is 0 Å². The molecule has 4 nitrogen and oxygen atoms in total. The lowest BCUT2D eigenvalue weighted by molar-refractivity contribution is -0.123. The fourth-order valence-electron chi connectivity index (χ4n) is 2.06. The summed E-state index contributed by atoms with van der Waals surface area (Å²) in [5.74, 6) is 0.424. The highest BCUT2D eigenvalue weighted by Crippen LogP contribution is 2.23. The molecule has 2 rings (SSSR count). The van der Waals surface area contributed by atoms with E-state index in [0.717, 1.165) is 5.56 Å². The Morgan fingerprint density at radius 2 is 2.42 bits per heavy atom. The van der Waals surface area contributed by atoms with E-state index in [1.807, 2.05) is 0 Å². The van der Waals surface area contributed by atoms with Gasteiger partial charge in [0.25, 0.3) is 0 Å². The van der Waals surface area contributed by atoms with Gasteiger partial charge in [0, 0.05) is 30.1 Å². The Hall–Kier alpha value is -1.33. The number of amides is 1. The maximum absolute atomic E-state index is 13.0. The van der Waals surface area contributed by atoms with Crippen molar-refractivity contribution in [3.63, 3.8) is 0 Å². The molecule has 1 fully saturated rings. The van der Waals surface area contributed by atoms with Crippen molar-refractivity contribution < 1.29 is 13.9 Å². The van der Waals surface area contributed by atoms with Crippen molar-refractivity contribution in [2.45, 2.75) is 25.2 Å². The summed E-state index contributed by atoms with van der Waals surface area (Å²) in [6, 6.07) is 4.76. The number of methoxy groups -OCH3 is 1. The number of nitrogens with one attached hydrogen (secondary N) is 2. The number of alkyl halides is 1. The van der Waals surface area contributed by atoms with Crippen LogP contribution in [0.1, 0.15) is 12.0 Å². The Morgan fingerprint density at radius 1 is 1.63 bits per heavy atom. The van der Waals surface area contributed by atoms with E-state index in [9.17, 15) is 9.18 Å². The molecule has 0 aliphatic carbocycles. The van der Waals surface area contributed by atoms with E-state index in [2.05, 4.69) is 10.6 Å². The molecule has 1 amide bonds. The number of ether oxygens (including phenoxy) is 1. The van der Waals surface area contributed by atoms with Gasteiger partial charge in [-0.05, 0) is 12.1 Å². The molecule has 1 heterocycles. The summed E-state index contributed by atoms with van der Waals surface area (Å²) in [6.07, 6.45) is -0.718. The predicted molar refractivity (Wildman–Crippen MR) is 71.2 cm³/mol. The lowest BCUT2D eigenvalue weighted by Gasteiger charge is -2.13. The second kappa shape index (κ2) is 6.21. The third kappa shape index (κ3) is 3.58. The lowest BCUT2D eigenvalue weighted by Crippen LogP contribution is -2.40. The van der Waals surface area contributed by atoms with Crippen molar-refractivity contribution in [3.8, 4) is 5.75 Å². The summed E-state index contributed by atoms with van der Waals surface area (Å²) in [5.41, 5.74) is 0.829. The minimum absolute atomic E-state index is 0.197. The van der Waals surface area contributed by atoms with Gasteiger partial charge in [-0.15, -0.1) is 0 Å². The van der Waals surface area contributed by atoms with Crippen LogP contribution >= 0.6 is 11.6 Å². The first-order chi connectivity index (χ1) is 9.10. The molecule has 1 aliphatic rings. The fraction of sp³-hybridized carbons (Fsp3) is 0.462. The fourth-order valence-corrected chi connectivity index (χ4v) is 2.22. The number of rotatable bonds is 4. The van der Waals surface area contributed by atoms with Gasteiger partial charge in [0.2, 0.25) is 5.91 Å². The Morgan fingerprint density at radius 3 is 3.05 bits per heavy atom. The van der Waals surface area contributed by atoms with Crippen LogP contribution in [0.3, 0.4) is 0 Å². The first-order valence-corrected chi connectivity index (χ1v) is 6.45. The number of hydrogen-bond acceptors (Lipinski definition) is 3. The molecule has 0 radical (unpaired) electrons. The van der Waals surface area contributed by atoms with Crippen molar-refractivity contribution in [1.82, 2.24) is 10.6 Å². The zero-order valence-electron chi connectivity index (χ0n) is 10.6. The van der Waals surface area contributed by atoms with Crippen molar-refractivity contribution in [3.05, 3.63) is 28.8 Å². The van der Waals surface area contributed by atoms with Gasteiger partial charge in [0.1, 0.15) is 11.9 Å². The molecule has 0 saturated carbocycles. The minimum Gasteiger partial charge on any atom is -0.496 e. The standard InChI is InChI=1S/C13H16ClFN2O2/c1-19-12-4-9(14)3-2-8(12)6-17-13(18)11-5-10(15)7-16-11/h2-4,10-11,16H,5-7H2,1H3,(H,17,18)/t10-,11+/m0/s1. The highest BCUT2D eigenvalue weighted by atomic mass is 35.5. The molecule has 2 atom stereocenters. The van der Waals surface area contributed by atoms with Crippen LogP contribution in [0.25, 0.3) is 0 Å². The number of halogens is 2. The van der Waals surface area contributed by atoms with E-state index in [1.54, 1.807) is 25.3 Å². The smallest absolute Gasteiger partial charge is 0.237 e. The van der Waals surface area contributed by atoms with Gasteiger partial charge in [-0.3, -0.25) is 4.79 Å². The van der Waals surface area contributed by atoms with Gasteiger partial charge in [0.15, 0.2) is 0 Å². The summed E-state index contributed by atoms with van der Waals surface area (Å²) in [4.78, 5) is 11.8. The monoisotopic (exact) mass is 286 g/mol. The second-order valence-corrected chi connectivity index (χ2v) is 4.90. The Kier molecular flexibility index (Phi) is 4.61. The topological polar surface area (TPSA) is 50.4 Å². The van der Waals surface area contributed by atoms with E-state index in [0.29, 0.717) is 17.3 Å². The molecule has 2 N–H and O–H groups in total. The molecule has 1 aromatic rings. The second-order valence-electron chi connectivity index (χ2n) is 4.47. The summed E-state index contributed by atoms with van der Waals surface area (Å²) in [7, 11) is 1.54. The van der Waals surface area contributed by atoms with Crippen LogP contribution in [0.4, 0.5) is 4.39 Å². The van der Waals surface area contributed by atoms with Gasteiger partial charge < -0.3 is 15.4 Å². The highest BCUT2D eigenvalue weighted by molar-refractivity contribution is 6.30. The quantitative estimate of drug-likeness (QED) is 0.885. The first kappa shape index (κ1) is 14.1. The molecule has 0 unspecified atom stereocenters. The predicted octanol–water partition coefficient (Wildman–Crippen LogP) is 1.66. The number of benzene rings is 1. The van der Waals surface area contributed by atoms with E-state index in [1.165, 1.54) is 0 Å². The van der Waals surface area contributed by atoms with Gasteiger partial charge in [0.05, 0.1) is 13.2 Å². The number of carbonyl (C=O) groups is 1. The number of carbonyl (C=O) groups excluding carboxylic acids is 1. The van der Waals surface area contributed by atoms with Gasteiger partial charge in [-0.1, -0.05) is 17.7 Å². The van der Waals surface area contributed by atoms with Gasteiger partial charge in [-0.2, -0.15) is 0 Å².